The Morgan fingerprint density at radius 1 is 1.25 bits per heavy atom. The van der Waals surface area contributed by atoms with Gasteiger partial charge in [0.05, 0.1) is 17.2 Å². The minimum Gasteiger partial charge on any atom is -0.505 e. The van der Waals surface area contributed by atoms with Crippen LogP contribution >= 0.6 is 7.52 Å². The second-order valence-electron chi connectivity index (χ2n) is 9.72. The molecule has 0 aliphatic carbocycles. The van der Waals surface area contributed by atoms with Crippen LogP contribution in [0.25, 0.3) is 5.69 Å². The van der Waals surface area contributed by atoms with E-state index >= 15 is 0 Å². The SMILES string of the molecule is CC(C)(C)CCn1cc(-n2cccn2)c(O)c(C2=NP(=O)(O)c3cc(NS(C)(=O)=O)ccc3N2)c1=O. The van der Waals surface area contributed by atoms with Gasteiger partial charge in [-0.25, -0.2) is 13.1 Å². The molecule has 4 N–H and O–H groups in total. The van der Waals surface area contributed by atoms with E-state index in [1.807, 2.05) is 20.8 Å². The van der Waals surface area contributed by atoms with Crippen molar-refractivity contribution in [1.29, 1.82) is 0 Å². The number of nitrogens with zero attached hydrogens (tertiary/aromatic N) is 4. The first-order valence-corrected chi connectivity index (χ1v) is 14.4. The molecule has 0 fully saturated rings. The second-order valence-corrected chi connectivity index (χ2v) is 13.2. The first-order valence-electron chi connectivity index (χ1n) is 10.9. The highest BCUT2D eigenvalue weighted by Crippen LogP contribution is 2.47. The summed E-state index contributed by atoms with van der Waals surface area (Å²) >= 11 is 0. The van der Waals surface area contributed by atoms with Crippen molar-refractivity contribution >= 4 is 40.1 Å². The largest absolute Gasteiger partial charge is 0.505 e. The summed E-state index contributed by atoms with van der Waals surface area (Å²) in [6, 6.07) is 5.65. The van der Waals surface area contributed by atoms with Gasteiger partial charge in [-0.1, -0.05) is 20.8 Å². The van der Waals surface area contributed by atoms with Crippen LogP contribution in [0.3, 0.4) is 0 Å². The molecule has 0 bridgehead atoms. The molecule has 14 heteroatoms. The number of aromatic hydroxyl groups is 1. The molecular formula is C22H27N6O6PS. The van der Waals surface area contributed by atoms with E-state index in [0.29, 0.717) is 13.0 Å². The lowest BCUT2D eigenvalue weighted by atomic mass is 9.92. The molecule has 0 amide bonds. The van der Waals surface area contributed by atoms with Crippen LogP contribution in [0.1, 0.15) is 32.8 Å². The van der Waals surface area contributed by atoms with Gasteiger partial charge >= 0.3 is 7.52 Å². The molecule has 1 atom stereocenters. The molecule has 2 aromatic heterocycles. The molecule has 3 heterocycles. The third-order valence-corrected chi connectivity index (χ3v) is 7.50. The van der Waals surface area contributed by atoms with E-state index in [2.05, 4.69) is 19.9 Å². The fraction of sp³-hybridized carbons (Fsp3) is 0.318. The molecule has 1 unspecified atom stereocenters. The van der Waals surface area contributed by atoms with Crippen LogP contribution in [0.4, 0.5) is 11.4 Å². The fourth-order valence-corrected chi connectivity index (χ4v) is 5.50. The van der Waals surface area contributed by atoms with E-state index in [-0.39, 0.29) is 39.2 Å². The van der Waals surface area contributed by atoms with Crippen molar-refractivity contribution in [2.75, 3.05) is 16.3 Å². The lowest BCUT2D eigenvalue weighted by Crippen LogP contribution is -2.34. The first kappa shape index (κ1) is 25.7. The van der Waals surface area contributed by atoms with Crippen LogP contribution in [0.15, 0.2) is 52.4 Å². The minimum absolute atomic E-state index is 0.0819. The molecule has 1 aromatic carbocycles. The summed E-state index contributed by atoms with van der Waals surface area (Å²) in [7, 11) is -8.07. The highest BCUT2D eigenvalue weighted by molar-refractivity contribution is 7.92. The summed E-state index contributed by atoms with van der Waals surface area (Å²) in [5, 5.41) is 17.9. The van der Waals surface area contributed by atoms with Crippen molar-refractivity contribution in [1.82, 2.24) is 14.3 Å². The van der Waals surface area contributed by atoms with Crippen LogP contribution in [-0.4, -0.2) is 44.9 Å². The maximum Gasteiger partial charge on any atom is 0.346 e. The van der Waals surface area contributed by atoms with Gasteiger partial charge in [-0.15, -0.1) is 0 Å². The lowest BCUT2D eigenvalue weighted by Gasteiger charge is -2.24. The number of benzene rings is 1. The van der Waals surface area contributed by atoms with Gasteiger partial charge in [0.1, 0.15) is 11.3 Å². The van der Waals surface area contributed by atoms with Crippen molar-refractivity contribution in [3.8, 4) is 11.4 Å². The van der Waals surface area contributed by atoms with Gasteiger partial charge in [-0.05, 0) is 36.1 Å². The van der Waals surface area contributed by atoms with Crippen LogP contribution in [0.2, 0.25) is 0 Å². The predicted molar refractivity (Wildman–Crippen MR) is 138 cm³/mol. The van der Waals surface area contributed by atoms with Gasteiger partial charge in [0.25, 0.3) is 5.56 Å². The highest BCUT2D eigenvalue weighted by Gasteiger charge is 2.34. The van der Waals surface area contributed by atoms with Gasteiger partial charge in [0.15, 0.2) is 11.6 Å². The van der Waals surface area contributed by atoms with E-state index in [4.69, 9.17) is 0 Å². The molecule has 0 spiro atoms. The number of pyridine rings is 1. The van der Waals surface area contributed by atoms with Crippen molar-refractivity contribution in [3.63, 3.8) is 0 Å². The Bertz CT molecular complexity index is 1570. The van der Waals surface area contributed by atoms with E-state index < -0.39 is 28.9 Å². The number of fused-ring (bicyclic) bond motifs is 1. The molecule has 192 valence electrons. The van der Waals surface area contributed by atoms with E-state index in [1.54, 1.807) is 12.3 Å². The summed E-state index contributed by atoms with van der Waals surface area (Å²) in [6.07, 6.45) is 6.20. The monoisotopic (exact) mass is 534 g/mol. The summed E-state index contributed by atoms with van der Waals surface area (Å²) in [5.74, 6) is -0.737. The highest BCUT2D eigenvalue weighted by atomic mass is 32.2. The number of hydrogen-bond donors (Lipinski definition) is 4. The summed E-state index contributed by atoms with van der Waals surface area (Å²) < 4.78 is 45.2. The zero-order chi connectivity index (χ0) is 26.5. The van der Waals surface area contributed by atoms with Crippen LogP contribution in [0, 0.1) is 5.41 Å². The van der Waals surface area contributed by atoms with E-state index in [9.17, 15) is 27.8 Å². The third-order valence-electron chi connectivity index (χ3n) is 5.43. The molecule has 0 saturated carbocycles. The van der Waals surface area contributed by atoms with E-state index in [1.165, 1.54) is 39.8 Å². The maximum absolute atomic E-state index is 13.5. The summed E-state index contributed by atoms with van der Waals surface area (Å²) in [4.78, 5) is 24.2. The van der Waals surface area contributed by atoms with Gasteiger partial charge < -0.3 is 19.9 Å². The molecule has 0 radical (unpaired) electrons. The Balaban J connectivity index is 1.86. The number of rotatable bonds is 6. The standard InChI is InChI=1S/C22H27N6O6PS/c1-22(2,3)8-11-27-13-16(28-10-5-9-23-28)19(29)18(21(27)30)20-24-15-7-6-14(26-36(4,33)34)12-17(15)35(31,32)25-20/h5-7,9-10,12-13,26,29H,8,11H2,1-4H3,(H2,24,25,31,32). The number of nitrogens with one attached hydrogen (secondary N) is 2. The Morgan fingerprint density at radius 2 is 1.97 bits per heavy atom. The van der Waals surface area contributed by atoms with Gasteiger partial charge in [-0.2, -0.15) is 9.86 Å². The van der Waals surface area contributed by atoms with Crippen LogP contribution in [-0.2, 0) is 21.1 Å². The molecule has 1 aliphatic heterocycles. The zero-order valence-corrected chi connectivity index (χ0v) is 21.8. The number of hydrogen-bond acceptors (Lipinski definition) is 7. The van der Waals surface area contributed by atoms with Crippen LogP contribution in [0.5, 0.6) is 5.75 Å². The molecule has 12 nitrogen and oxygen atoms in total. The van der Waals surface area contributed by atoms with Gasteiger partial charge in [0.2, 0.25) is 10.0 Å². The predicted octanol–water partition coefficient (Wildman–Crippen LogP) is 2.23. The Morgan fingerprint density at radius 3 is 2.58 bits per heavy atom. The number of aromatic nitrogens is 3. The van der Waals surface area contributed by atoms with Crippen LogP contribution < -0.4 is 20.9 Å². The molecule has 1 aliphatic rings. The Kier molecular flexibility index (Phi) is 6.36. The average Bonchev–Trinajstić information content (AvgIpc) is 3.26. The van der Waals surface area contributed by atoms with E-state index in [0.717, 1.165) is 6.26 Å². The number of anilines is 2. The fourth-order valence-electron chi connectivity index (χ4n) is 3.67. The summed E-state index contributed by atoms with van der Waals surface area (Å²) in [6.45, 7) is 6.43. The van der Waals surface area contributed by atoms with Crippen molar-refractivity contribution in [2.24, 2.45) is 10.2 Å². The number of sulfonamides is 1. The van der Waals surface area contributed by atoms with Crippen molar-refractivity contribution < 1.29 is 23.0 Å². The lowest BCUT2D eigenvalue weighted by molar-refractivity contribution is 0.347. The zero-order valence-electron chi connectivity index (χ0n) is 20.1. The maximum atomic E-state index is 13.5. The summed E-state index contributed by atoms with van der Waals surface area (Å²) in [5.41, 5.74) is -0.540. The van der Waals surface area contributed by atoms with Gasteiger partial charge in [-0.3, -0.25) is 14.1 Å². The molecule has 0 saturated heterocycles. The molecular weight excluding hydrogens is 507 g/mol. The molecule has 4 rings (SSSR count). The normalized spacial score (nSPS) is 17.8. The Labute approximate surface area is 207 Å². The topological polar surface area (TPSA) is 168 Å². The van der Waals surface area contributed by atoms with Crippen molar-refractivity contribution in [2.45, 2.75) is 33.7 Å². The minimum atomic E-state index is -4.45. The smallest absolute Gasteiger partial charge is 0.346 e. The molecule has 3 aromatic rings. The molecule has 36 heavy (non-hydrogen) atoms. The Hall–Kier alpha value is -3.41. The first-order chi connectivity index (χ1) is 16.6. The quantitative estimate of drug-likeness (QED) is 0.349. The number of aryl methyl sites for hydroxylation is 1. The average molecular weight is 535 g/mol. The van der Waals surface area contributed by atoms with Gasteiger partial charge in [0, 0.05) is 30.8 Å². The van der Waals surface area contributed by atoms with Crippen molar-refractivity contribution in [3.05, 3.63) is 58.8 Å². The number of amidine groups is 1. The second kappa shape index (κ2) is 8.91. The third kappa shape index (κ3) is 5.38.